The Morgan fingerprint density at radius 1 is 1.17 bits per heavy atom. The fraction of sp³-hybridized carbons (Fsp3) is 0.481. The number of aryl methyl sites for hydroxylation is 1. The third-order valence-electron chi connectivity index (χ3n) is 7.24. The van der Waals surface area contributed by atoms with Gasteiger partial charge >= 0.3 is 12.0 Å². The maximum atomic E-state index is 14.7. The van der Waals surface area contributed by atoms with E-state index in [1.807, 2.05) is 13.0 Å². The molecular weight excluding hydrogens is 449 g/mol. The summed E-state index contributed by atoms with van der Waals surface area (Å²) in [6.07, 6.45) is 1.55. The van der Waals surface area contributed by atoms with Gasteiger partial charge in [-0.05, 0) is 55.0 Å². The van der Waals surface area contributed by atoms with Gasteiger partial charge in [-0.25, -0.2) is 14.0 Å². The molecule has 0 radical (unpaired) electrons. The summed E-state index contributed by atoms with van der Waals surface area (Å²) in [5.74, 6) is 0.0586. The summed E-state index contributed by atoms with van der Waals surface area (Å²) in [4.78, 5) is 28.8. The lowest BCUT2D eigenvalue weighted by Gasteiger charge is -2.38. The van der Waals surface area contributed by atoms with Crippen LogP contribution in [0.4, 0.5) is 14.9 Å². The Kier molecular flexibility index (Phi) is 7.03. The van der Waals surface area contributed by atoms with E-state index < -0.39 is 5.97 Å². The number of hydrogen-bond donors (Lipinski definition) is 1. The van der Waals surface area contributed by atoms with Gasteiger partial charge in [-0.1, -0.05) is 19.9 Å². The molecule has 1 spiro atoms. The van der Waals surface area contributed by atoms with Crippen LogP contribution in [0.1, 0.15) is 59.7 Å². The third kappa shape index (κ3) is 4.98. The highest BCUT2D eigenvalue weighted by molar-refractivity contribution is 5.97. The SMILES string of the molecule is COC(=O)c1ccc(N2CC3(CCN(Cc4cc(C(C)C)c(C)cc4F)CC3)NC2=O)cc1OC. The first-order valence-corrected chi connectivity index (χ1v) is 12.0. The smallest absolute Gasteiger partial charge is 0.341 e. The highest BCUT2D eigenvalue weighted by atomic mass is 19.1. The molecule has 0 unspecified atom stereocenters. The summed E-state index contributed by atoms with van der Waals surface area (Å²) in [6.45, 7) is 8.83. The van der Waals surface area contributed by atoms with Crippen molar-refractivity contribution in [2.45, 2.75) is 51.6 Å². The van der Waals surface area contributed by atoms with Crippen molar-refractivity contribution >= 4 is 17.7 Å². The molecule has 2 aromatic carbocycles. The van der Waals surface area contributed by atoms with Gasteiger partial charge in [0.2, 0.25) is 0 Å². The lowest BCUT2D eigenvalue weighted by molar-refractivity contribution is 0.0597. The zero-order valence-electron chi connectivity index (χ0n) is 21.1. The van der Waals surface area contributed by atoms with E-state index in [0.717, 1.165) is 37.1 Å². The number of urea groups is 1. The number of ether oxygens (including phenoxy) is 2. The number of methoxy groups -OCH3 is 2. The molecule has 188 valence electrons. The molecule has 2 saturated heterocycles. The molecule has 0 bridgehead atoms. The van der Waals surface area contributed by atoms with Gasteiger partial charge in [0.15, 0.2) is 0 Å². The van der Waals surface area contributed by atoms with Gasteiger partial charge in [-0.15, -0.1) is 0 Å². The monoisotopic (exact) mass is 483 g/mol. The topological polar surface area (TPSA) is 71.1 Å². The van der Waals surface area contributed by atoms with Crippen LogP contribution in [-0.2, 0) is 11.3 Å². The molecule has 8 heteroatoms. The maximum absolute atomic E-state index is 14.7. The number of nitrogens with zero attached hydrogens (tertiary/aromatic N) is 2. The van der Waals surface area contributed by atoms with E-state index >= 15 is 0 Å². The van der Waals surface area contributed by atoms with E-state index in [-0.39, 0.29) is 17.4 Å². The molecule has 0 atom stereocenters. The van der Waals surface area contributed by atoms with Crippen molar-refractivity contribution in [1.82, 2.24) is 10.2 Å². The number of nitrogens with one attached hydrogen (secondary N) is 1. The zero-order chi connectivity index (χ0) is 25.3. The number of piperidine rings is 1. The molecule has 0 aliphatic carbocycles. The fourth-order valence-electron chi connectivity index (χ4n) is 5.19. The van der Waals surface area contributed by atoms with Crippen molar-refractivity contribution in [3.8, 4) is 5.75 Å². The minimum Gasteiger partial charge on any atom is -0.496 e. The first kappa shape index (κ1) is 25.0. The summed E-state index contributed by atoms with van der Waals surface area (Å²) >= 11 is 0. The number of benzene rings is 2. The Morgan fingerprint density at radius 3 is 2.51 bits per heavy atom. The lowest BCUT2D eigenvalue weighted by atomic mass is 9.88. The summed E-state index contributed by atoms with van der Waals surface area (Å²) in [5.41, 5.74) is 3.53. The Bertz CT molecular complexity index is 1130. The molecule has 0 saturated carbocycles. The average molecular weight is 484 g/mol. The van der Waals surface area contributed by atoms with Crippen LogP contribution in [0.15, 0.2) is 30.3 Å². The average Bonchev–Trinajstić information content (AvgIpc) is 3.16. The first-order chi connectivity index (χ1) is 16.7. The van der Waals surface area contributed by atoms with Crippen LogP contribution in [0.2, 0.25) is 0 Å². The van der Waals surface area contributed by atoms with Crippen LogP contribution in [-0.4, -0.2) is 56.3 Å². The summed E-state index contributed by atoms with van der Waals surface area (Å²) in [7, 11) is 2.80. The number of esters is 1. The number of carbonyl (C=O) groups excluding carboxylic acids is 2. The van der Waals surface area contributed by atoms with Crippen LogP contribution in [0.3, 0.4) is 0 Å². The molecule has 2 heterocycles. The predicted octanol–water partition coefficient (Wildman–Crippen LogP) is 4.62. The van der Waals surface area contributed by atoms with Crippen molar-refractivity contribution in [1.29, 1.82) is 0 Å². The van der Waals surface area contributed by atoms with Crippen molar-refractivity contribution in [3.63, 3.8) is 0 Å². The number of hydrogen-bond acceptors (Lipinski definition) is 5. The van der Waals surface area contributed by atoms with E-state index in [1.165, 1.54) is 19.8 Å². The van der Waals surface area contributed by atoms with E-state index in [9.17, 15) is 14.0 Å². The van der Waals surface area contributed by atoms with Crippen molar-refractivity contribution < 1.29 is 23.5 Å². The molecule has 1 N–H and O–H groups in total. The molecule has 2 aliphatic heterocycles. The molecule has 7 nitrogen and oxygen atoms in total. The first-order valence-electron chi connectivity index (χ1n) is 12.0. The van der Waals surface area contributed by atoms with Crippen LogP contribution in [0.5, 0.6) is 5.75 Å². The van der Waals surface area contributed by atoms with E-state index in [1.54, 1.807) is 29.2 Å². The number of amides is 2. The van der Waals surface area contributed by atoms with Gasteiger partial charge < -0.3 is 14.8 Å². The minimum absolute atomic E-state index is 0.156. The maximum Gasteiger partial charge on any atom is 0.341 e. The number of halogens is 1. The minimum atomic E-state index is -0.492. The predicted molar refractivity (Wildman–Crippen MR) is 133 cm³/mol. The largest absolute Gasteiger partial charge is 0.496 e. The third-order valence-corrected chi connectivity index (χ3v) is 7.24. The van der Waals surface area contributed by atoms with Gasteiger partial charge in [-0.3, -0.25) is 9.80 Å². The zero-order valence-corrected chi connectivity index (χ0v) is 21.1. The molecule has 2 fully saturated rings. The van der Waals surface area contributed by atoms with Crippen molar-refractivity contribution in [2.75, 3.05) is 38.8 Å². The van der Waals surface area contributed by atoms with Crippen LogP contribution >= 0.6 is 0 Å². The van der Waals surface area contributed by atoms with Crippen molar-refractivity contribution in [2.24, 2.45) is 0 Å². The number of anilines is 1. The fourth-order valence-corrected chi connectivity index (χ4v) is 5.19. The summed E-state index contributed by atoms with van der Waals surface area (Å²) in [6, 6.07) is 8.51. The second kappa shape index (κ2) is 9.85. The molecule has 2 aromatic rings. The molecule has 2 aliphatic rings. The van der Waals surface area contributed by atoms with E-state index in [4.69, 9.17) is 9.47 Å². The molecule has 0 aromatic heterocycles. The lowest BCUT2D eigenvalue weighted by Crippen LogP contribution is -2.52. The van der Waals surface area contributed by atoms with Gasteiger partial charge in [0.05, 0.1) is 26.3 Å². The molecule has 35 heavy (non-hydrogen) atoms. The Hall–Kier alpha value is -3.13. The summed E-state index contributed by atoms with van der Waals surface area (Å²) in [5, 5.41) is 3.18. The Balaban J connectivity index is 1.44. The molecule has 4 rings (SSSR count). The standard InChI is InChI=1S/C27H34FN3O4/c1-17(2)22-13-19(23(28)12-18(22)3)15-30-10-8-27(9-11-30)16-31(26(33)29-27)20-6-7-21(25(32)35-5)24(14-20)34-4/h6-7,12-14,17H,8-11,15-16H2,1-5H3,(H,29,33). The van der Waals surface area contributed by atoms with Crippen LogP contribution < -0.4 is 15.0 Å². The number of likely N-dealkylation sites (tertiary alicyclic amines) is 1. The molecule has 2 amide bonds. The van der Waals surface area contributed by atoms with Gasteiger partial charge in [-0.2, -0.15) is 0 Å². The van der Waals surface area contributed by atoms with Gasteiger partial charge in [0.1, 0.15) is 17.1 Å². The molecular formula is C27H34FN3O4. The quantitative estimate of drug-likeness (QED) is 0.608. The Morgan fingerprint density at radius 2 is 1.89 bits per heavy atom. The summed E-state index contributed by atoms with van der Waals surface area (Å²) < 4.78 is 24.8. The number of rotatable bonds is 6. The number of carbonyl (C=O) groups is 2. The highest BCUT2D eigenvalue weighted by Gasteiger charge is 2.45. The highest BCUT2D eigenvalue weighted by Crippen LogP contribution is 2.34. The van der Waals surface area contributed by atoms with E-state index in [0.29, 0.717) is 36.0 Å². The van der Waals surface area contributed by atoms with Crippen LogP contribution in [0, 0.1) is 12.7 Å². The normalized spacial score (nSPS) is 17.7. The van der Waals surface area contributed by atoms with Crippen LogP contribution in [0.25, 0.3) is 0 Å². The second-order valence-electron chi connectivity index (χ2n) is 9.90. The van der Waals surface area contributed by atoms with E-state index in [2.05, 4.69) is 24.1 Å². The second-order valence-corrected chi connectivity index (χ2v) is 9.90. The van der Waals surface area contributed by atoms with Crippen molar-refractivity contribution in [3.05, 3.63) is 58.4 Å². The van der Waals surface area contributed by atoms with Gasteiger partial charge in [0.25, 0.3) is 0 Å². The van der Waals surface area contributed by atoms with Gasteiger partial charge in [0, 0.05) is 37.0 Å². The Labute approximate surface area is 206 Å².